The monoisotopic (exact) mass is 496 g/mol. The third kappa shape index (κ3) is 5.82. The average Bonchev–Trinajstić information content (AvgIpc) is 2.78. The topological polar surface area (TPSA) is 49.4 Å². The van der Waals surface area contributed by atoms with Crippen molar-refractivity contribution in [2.45, 2.75) is 50.4 Å². The Bertz CT molecular complexity index is 1060. The molecule has 0 saturated heterocycles. The van der Waals surface area contributed by atoms with E-state index in [0.29, 0.717) is 0 Å². The van der Waals surface area contributed by atoms with E-state index in [2.05, 4.69) is 5.32 Å². The summed E-state index contributed by atoms with van der Waals surface area (Å²) < 4.78 is 40.1. The second-order valence-corrected chi connectivity index (χ2v) is 8.56. The lowest BCUT2D eigenvalue weighted by atomic mass is 9.94. The summed E-state index contributed by atoms with van der Waals surface area (Å²) in [7, 11) is 0. The summed E-state index contributed by atoms with van der Waals surface area (Å²) in [5.74, 6) is 0.277. The number of alkyl halides is 3. The number of benzene rings is 2. The Morgan fingerprint density at radius 1 is 1.06 bits per heavy atom. The minimum atomic E-state index is -4.66. The summed E-state index contributed by atoms with van der Waals surface area (Å²) in [5, 5.41) is 3.06. The summed E-state index contributed by atoms with van der Waals surface area (Å²) in [6, 6.07) is 6.95. The number of anilines is 1. The molecule has 0 aliphatic heterocycles. The van der Waals surface area contributed by atoms with Crippen LogP contribution in [0.25, 0.3) is 0 Å². The zero-order valence-corrected chi connectivity index (χ0v) is 19.0. The van der Waals surface area contributed by atoms with Gasteiger partial charge >= 0.3 is 12.1 Å². The van der Waals surface area contributed by atoms with Gasteiger partial charge in [0.05, 0.1) is 5.56 Å². The molecule has 2 aromatic rings. The van der Waals surface area contributed by atoms with Crippen LogP contribution in [0.4, 0.5) is 18.9 Å². The molecule has 0 heterocycles. The van der Waals surface area contributed by atoms with Crippen LogP contribution in [0.1, 0.15) is 49.3 Å². The number of amides is 2. The van der Waals surface area contributed by atoms with Crippen molar-refractivity contribution in [2.24, 2.45) is 0 Å². The number of nitrogens with one attached hydrogen (secondary N) is 1. The Morgan fingerprint density at radius 2 is 1.67 bits per heavy atom. The molecule has 2 aromatic carbocycles. The SMILES string of the molecule is C#CC(=O)N(c1cccc(C(F)(F)F)c1)C(C(=O)NC1CCCCC1)c1c(Cl)cccc1Cl. The van der Waals surface area contributed by atoms with Gasteiger partial charge in [-0.25, -0.2) is 0 Å². The van der Waals surface area contributed by atoms with Crippen LogP contribution in [0.2, 0.25) is 10.0 Å². The molecule has 2 amide bonds. The Morgan fingerprint density at radius 3 is 2.24 bits per heavy atom. The molecule has 1 N–H and O–H groups in total. The number of carbonyl (C=O) groups is 2. The molecule has 174 valence electrons. The van der Waals surface area contributed by atoms with Crippen LogP contribution in [-0.4, -0.2) is 17.9 Å². The van der Waals surface area contributed by atoms with Gasteiger partial charge in [-0.15, -0.1) is 6.42 Å². The van der Waals surface area contributed by atoms with Gasteiger partial charge in [0.2, 0.25) is 5.91 Å². The maximum atomic E-state index is 13.5. The molecule has 0 spiro atoms. The van der Waals surface area contributed by atoms with Crippen LogP contribution >= 0.6 is 23.2 Å². The maximum Gasteiger partial charge on any atom is 0.416 e. The molecule has 4 nitrogen and oxygen atoms in total. The largest absolute Gasteiger partial charge is 0.416 e. The van der Waals surface area contributed by atoms with Crippen molar-refractivity contribution in [1.29, 1.82) is 0 Å². The Balaban J connectivity index is 2.15. The molecule has 33 heavy (non-hydrogen) atoms. The minimum absolute atomic E-state index is 0.0769. The van der Waals surface area contributed by atoms with E-state index in [0.717, 1.165) is 55.2 Å². The van der Waals surface area contributed by atoms with Gasteiger partial charge in [-0.3, -0.25) is 14.5 Å². The molecule has 1 atom stereocenters. The van der Waals surface area contributed by atoms with Gasteiger partial charge in [0.25, 0.3) is 0 Å². The van der Waals surface area contributed by atoms with E-state index in [4.69, 9.17) is 29.6 Å². The Labute approximate surface area is 200 Å². The van der Waals surface area contributed by atoms with Crippen molar-refractivity contribution >= 4 is 40.7 Å². The smallest absolute Gasteiger partial charge is 0.351 e. The number of nitrogens with zero attached hydrogens (tertiary/aromatic N) is 1. The molecule has 0 bridgehead atoms. The number of carbonyl (C=O) groups excluding carboxylic acids is 2. The maximum absolute atomic E-state index is 13.5. The van der Waals surface area contributed by atoms with Crippen LogP contribution < -0.4 is 10.2 Å². The summed E-state index contributed by atoms with van der Waals surface area (Å²) in [5.41, 5.74) is -1.12. The number of hydrogen-bond donors (Lipinski definition) is 1. The highest BCUT2D eigenvalue weighted by atomic mass is 35.5. The first-order chi connectivity index (χ1) is 15.6. The summed E-state index contributed by atoms with van der Waals surface area (Å²) in [6.07, 6.45) is 5.11. The molecular weight excluding hydrogens is 476 g/mol. The third-order valence-corrected chi connectivity index (χ3v) is 6.18. The number of rotatable bonds is 5. The van der Waals surface area contributed by atoms with Gasteiger partial charge in [0.1, 0.15) is 6.04 Å². The van der Waals surface area contributed by atoms with Crippen molar-refractivity contribution in [1.82, 2.24) is 5.32 Å². The fourth-order valence-corrected chi connectivity index (χ4v) is 4.57. The Hall–Kier alpha value is -2.69. The summed E-state index contributed by atoms with van der Waals surface area (Å²) >= 11 is 12.7. The van der Waals surface area contributed by atoms with E-state index in [-0.39, 0.29) is 27.3 Å². The predicted octanol–water partition coefficient (Wildman–Crippen LogP) is 6.17. The average molecular weight is 497 g/mol. The highest BCUT2D eigenvalue weighted by Crippen LogP contribution is 2.39. The molecule has 0 radical (unpaired) electrons. The second kappa shape index (κ2) is 10.5. The third-order valence-electron chi connectivity index (χ3n) is 5.53. The van der Waals surface area contributed by atoms with Gasteiger partial charge in [-0.1, -0.05) is 54.6 Å². The molecule has 1 aliphatic rings. The fourth-order valence-electron chi connectivity index (χ4n) is 3.96. The second-order valence-electron chi connectivity index (χ2n) is 7.75. The van der Waals surface area contributed by atoms with Crippen molar-refractivity contribution in [2.75, 3.05) is 4.90 Å². The van der Waals surface area contributed by atoms with Crippen LogP contribution in [0.3, 0.4) is 0 Å². The quantitative estimate of drug-likeness (QED) is 0.503. The van der Waals surface area contributed by atoms with Crippen LogP contribution in [0.5, 0.6) is 0 Å². The minimum Gasteiger partial charge on any atom is -0.351 e. The Kier molecular flexibility index (Phi) is 7.93. The number of halogens is 5. The van der Waals surface area contributed by atoms with Gasteiger partial charge < -0.3 is 5.32 Å². The first-order valence-electron chi connectivity index (χ1n) is 10.3. The van der Waals surface area contributed by atoms with E-state index in [1.807, 2.05) is 5.92 Å². The molecule has 1 unspecified atom stereocenters. The standard InChI is InChI=1S/C24H21Cl2F3N2O2/c1-2-20(32)31(17-11-6-8-15(14-17)24(27,28)29)22(21-18(25)12-7-13-19(21)26)23(33)30-16-9-4-3-5-10-16/h1,6-8,11-14,16,22H,3-5,9-10H2,(H,30,33). The van der Waals surface area contributed by atoms with Crippen LogP contribution in [-0.2, 0) is 15.8 Å². The van der Waals surface area contributed by atoms with Crippen molar-refractivity contribution in [3.8, 4) is 12.3 Å². The number of hydrogen-bond acceptors (Lipinski definition) is 2. The van der Waals surface area contributed by atoms with Crippen molar-refractivity contribution in [3.63, 3.8) is 0 Å². The van der Waals surface area contributed by atoms with Crippen LogP contribution in [0.15, 0.2) is 42.5 Å². The van der Waals surface area contributed by atoms with E-state index < -0.39 is 29.6 Å². The van der Waals surface area contributed by atoms with E-state index in [9.17, 15) is 22.8 Å². The highest BCUT2D eigenvalue weighted by molar-refractivity contribution is 6.36. The first kappa shape index (κ1) is 24.9. The zero-order chi connectivity index (χ0) is 24.2. The highest BCUT2D eigenvalue weighted by Gasteiger charge is 2.38. The predicted molar refractivity (Wildman–Crippen MR) is 122 cm³/mol. The first-order valence-corrected chi connectivity index (χ1v) is 11.1. The van der Waals surface area contributed by atoms with Crippen molar-refractivity contribution in [3.05, 3.63) is 63.6 Å². The van der Waals surface area contributed by atoms with E-state index in [1.165, 1.54) is 18.2 Å². The van der Waals surface area contributed by atoms with Gasteiger partial charge in [0, 0.05) is 27.3 Å². The molecular formula is C24H21Cl2F3N2O2. The van der Waals surface area contributed by atoms with Gasteiger partial charge in [0.15, 0.2) is 0 Å². The zero-order valence-electron chi connectivity index (χ0n) is 17.5. The van der Waals surface area contributed by atoms with E-state index >= 15 is 0 Å². The van der Waals surface area contributed by atoms with Crippen molar-refractivity contribution < 1.29 is 22.8 Å². The molecule has 1 aliphatic carbocycles. The molecule has 9 heteroatoms. The lowest BCUT2D eigenvalue weighted by molar-refractivity contribution is -0.137. The van der Waals surface area contributed by atoms with Gasteiger partial charge in [-0.05, 0) is 49.1 Å². The molecule has 0 aromatic heterocycles. The van der Waals surface area contributed by atoms with Gasteiger partial charge in [-0.2, -0.15) is 13.2 Å². The summed E-state index contributed by atoms with van der Waals surface area (Å²) in [6.45, 7) is 0. The lowest BCUT2D eigenvalue weighted by Crippen LogP contribution is -2.47. The van der Waals surface area contributed by atoms with Crippen LogP contribution in [0, 0.1) is 12.3 Å². The van der Waals surface area contributed by atoms with E-state index in [1.54, 1.807) is 6.07 Å². The molecule has 3 rings (SSSR count). The summed E-state index contributed by atoms with van der Waals surface area (Å²) in [4.78, 5) is 27.2. The fraction of sp³-hybridized carbons (Fsp3) is 0.333. The molecule has 1 saturated carbocycles. The normalized spacial score (nSPS) is 15.4. The number of terminal acetylenes is 1. The lowest BCUT2D eigenvalue weighted by Gasteiger charge is -2.33. The molecule has 1 fully saturated rings.